The number of aryl methyl sites for hydroxylation is 1. The van der Waals surface area contributed by atoms with Gasteiger partial charge in [0.2, 0.25) is 5.82 Å². The molecule has 2 aromatic rings. The molecule has 0 aromatic carbocycles. The molecule has 0 bridgehead atoms. The summed E-state index contributed by atoms with van der Waals surface area (Å²) in [6.45, 7) is 2.16. The third kappa shape index (κ3) is 3.54. The molecule has 4 nitrogen and oxygen atoms in total. The van der Waals surface area contributed by atoms with Crippen LogP contribution in [0.15, 0.2) is 11.6 Å². The van der Waals surface area contributed by atoms with Crippen molar-refractivity contribution in [3.63, 3.8) is 0 Å². The molecule has 0 aliphatic carbocycles. The van der Waals surface area contributed by atoms with E-state index in [4.69, 9.17) is 11.6 Å². The first-order valence-electron chi connectivity index (χ1n) is 5.11. The maximum absolute atomic E-state index is 12.5. The van der Waals surface area contributed by atoms with Crippen molar-refractivity contribution in [2.24, 2.45) is 0 Å². The van der Waals surface area contributed by atoms with E-state index in [2.05, 4.69) is 20.3 Å². The lowest BCUT2D eigenvalue weighted by Crippen LogP contribution is -2.13. The van der Waals surface area contributed by atoms with Crippen molar-refractivity contribution in [3.05, 3.63) is 33.1 Å². The van der Waals surface area contributed by atoms with Crippen LogP contribution in [0.1, 0.15) is 16.4 Å². The van der Waals surface area contributed by atoms with E-state index in [1.807, 2.05) is 6.92 Å². The van der Waals surface area contributed by atoms with E-state index >= 15 is 0 Å². The molecule has 102 valence electrons. The molecule has 0 amide bonds. The van der Waals surface area contributed by atoms with Gasteiger partial charge in [-0.3, -0.25) is 0 Å². The molecular formula is C10H8ClF3N4S. The number of rotatable bonds is 3. The minimum absolute atomic E-state index is 0.0279. The fourth-order valence-electron chi connectivity index (χ4n) is 1.30. The van der Waals surface area contributed by atoms with Crippen molar-refractivity contribution < 1.29 is 13.2 Å². The molecule has 0 aliphatic heterocycles. The van der Waals surface area contributed by atoms with Crippen molar-refractivity contribution in [1.29, 1.82) is 0 Å². The Kier molecular flexibility index (Phi) is 3.91. The highest BCUT2D eigenvalue weighted by molar-refractivity contribution is 7.09. The second-order valence-corrected chi connectivity index (χ2v) is 4.94. The molecule has 0 aliphatic rings. The van der Waals surface area contributed by atoms with Gasteiger partial charge in [-0.15, -0.1) is 11.3 Å². The summed E-state index contributed by atoms with van der Waals surface area (Å²) in [6.07, 6.45) is -4.62. The molecule has 2 aromatic heterocycles. The Bertz CT molecular complexity index is 584. The molecule has 0 atom stereocenters. The van der Waals surface area contributed by atoms with Crippen LogP contribution in [0.5, 0.6) is 0 Å². The predicted octanol–water partition coefficient (Wildman–Crippen LogP) is 3.53. The van der Waals surface area contributed by atoms with E-state index in [0.717, 1.165) is 10.6 Å². The third-order valence-electron chi connectivity index (χ3n) is 2.22. The normalized spacial score (nSPS) is 11.6. The van der Waals surface area contributed by atoms with Crippen molar-refractivity contribution in [2.75, 3.05) is 5.32 Å². The van der Waals surface area contributed by atoms with Crippen LogP contribution in [-0.2, 0) is 12.7 Å². The Balaban J connectivity index is 2.17. The highest BCUT2D eigenvalue weighted by atomic mass is 35.5. The van der Waals surface area contributed by atoms with E-state index in [9.17, 15) is 13.2 Å². The van der Waals surface area contributed by atoms with Crippen LogP contribution in [0, 0.1) is 6.92 Å². The molecule has 0 saturated heterocycles. The molecule has 2 rings (SSSR count). The fraction of sp³-hybridized carbons (Fsp3) is 0.300. The molecule has 19 heavy (non-hydrogen) atoms. The van der Waals surface area contributed by atoms with Crippen LogP contribution in [0.4, 0.5) is 19.0 Å². The molecule has 0 fully saturated rings. The van der Waals surface area contributed by atoms with Gasteiger partial charge in [0, 0.05) is 10.9 Å². The van der Waals surface area contributed by atoms with E-state index in [1.165, 1.54) is 17.4 Å². The van der Waals surface area contributed by atoms with Crippen LogP contribution in [0.25, 0.3) is 0 Å². The largest absolute Gasteiger partial charge is 0.451 e. The Morgan fingerprint density at radius 2 is 2.11 bits per heavy atom. The van der Waals surface area contributed by atoms with Gasteiger partial charge in [-0.25, -0.2) is 15.0 Å². The lowest BCUT2D eigenvalue weighted by atomic mass is 10.4. The van der Waals surface area contributed by atoms with E-state index < -0.39 is 12.0 Å². The smallest absolute Gasteiger partial charge is 0.365 e. The number of aromatic nitrogens is 3. The zero-order chi connectivity index (χ0) is 14.0. The van der Waals surface area contributed by atoms with E-state index in [0.29, 0.717) is 6.54 Å². The first kappa shape index (κ1) is 14.0. The third-order valence-corrected chi connectivity index (χ3v) is 3.35. The Morgan fingerprint density at radius 3 is 2.68 bits per heavy atom. The molecule has 9 heteroatoms. The van der Waals surface area contributed by atoms with Gasteiger partial charge < -0.3 is 5.32 Å². The van der Waals surface area contributed by atoms with Gasteiger partial charge >= 0.3 is 6.18 Å². The summed E-state index contributed by atoms with van der Waals surface area (Å²) < 4.78 is 37.5. The predicted molar refractivity (Wildman–Crippen MR) is 66.2 cm³/mol. The summed E-state index contributed by atoms with van der Waals surface area (Å²) in [5, 5.41) is 2.52. The second kappa shape index (κ2) is 5.30. The topological polar surface area (TPSA) is 50.7 Å². The van der Waals surface area contributed by atoms with Crippen molar-refractivity contribution in [1.82, 2.24) is 15.0 Å². The van der Waals surface area contributed by atoms with Gasteiger partial charge in [-0.05, 0) is 6.92 Å². The monoisotopic (exact) mass is 308 g/mol. The fourth-order valence-corrected chi connectivity index (χ4v) is 2.20. The number of nitrogens with one attached hydrogen (secondary N) is 1. The average molecular weight is 309 g/mol. The van der Waals surface area contributed by atoms with Crippen LogP contribution in [0.3, 0.4) is 0 Å². The van der Waals surface area contributed by atoms with Gasteiger partial charge in [0.1, 0.15) is 11.0 Å². The molecular weight excluding hydrogens is 301 g/mol. The Hall–Kier alpha value is -1.41. The molecule has 0 radical (unpaired) electrons. The number of anilines is 1. The van der Waals surface area contributed by atoms with Crippen LogP contribution in [0.2, 0.25) is 5.15 Å². The summed E-state index contributed by atoms with van der Waals surface area (Å²) in [7, 11) is 0. The first-order valence-corrected chi connectivity index (χ1v) is 6.36. The van der Waals surface area contributed by atoms with Gasteiger partial charge in [-0.2, -0.15) is 13.2 Å². The van der Waals surface area contributed by atoms with Crippen molar-refractivity contribution in [2.45, 2.75) is 19.6 Å². The summed E-state index contributed by atoms with van der Waals surface area (Å²) in [6, 6.07) is 1.24. The van der Waals surface area contributed by atoms with Crippen molar-refractivity contribution in [3.8, 4) is 0 Å². The van der Waals surface area contributed by atoms with E-state index in [-0.39, 0.29) is 11.0 Å². The zero-order valence-electron chi connectivity index (χ0n) is 9.62. The van der Waals surface area contributed by atoms with Gasteiger partial charge in [0.25, 0.3) is 0 Å². The number of hydrogen-bond donors (Lipinski definition) is 1. The maximum Gasteiger partial charge on any atom is 0.451 e. The lowest BCUT2D eigenvalue weighted by Gasteiger charge is -2.09. The molecule has 0 unspecified atom stereocenters. The average Bonchev–Trinajstić information content (AvgIpc) is 2.70. The van der Waals surface area contributed by atoms with Gasteiger partial charge in [0.15, 0.2) is 0 Å². The lowest BCUT2D eigenvalue weighted by molar-refractivity contribution is -0.144. The van der Waals surface area contributed by atoms with Crippen LogP contribution >= 0.6 is 22.9 Å². The number of halogens is 4. The quantitative estimate of drug-likeness (QED) is 0.881. The standard InChI is InChI=1S/C10H8ClF3N4S/c1-5-6(19-4-16-5)3-15-8-2-7(11)17-9(18-8)10(12,13)14/h2,4H,3H2,1H3,(H,15,17,18). The number of thiazole rings is 1. The SMILES string of the molecule is Cc1ncsc1CNc1cc(Cl)nc(C(F)(F)F)n1. The van der Waals surface area contributed by atoms with Crippen LogP contribution < -0.4 is 5.32 Å². The minimum Gasteiger partial charge on any atom is -0.365 e. The maximum atomic E-state index is 12.5. The van der Waals surface area contributed by atoms with Crippen molar-refractivity contribution >= 4 is 28.8 Å². The Labute approximate surface area is 115 Å². The summed E-state index contributed by atoms with van der Waals surface area (Å²) in [5.74, 6) is -1.23. The highest BCUT2D eigenvalue weighted by Crippen LogP contribution is 2.28. The second-order valence-electron chi connectivity index (χ2n) is 3.61. The zero-order valence-corrected chi connectivity index (χ0v) is 11.2. The molecule has 2 heterocycles. The number of hydrogen-bond acceptors (Lipinski definition) is 5. The molecule has 1 N–H and O–H groups in total. The molecule has 0 saturated carbocycles. The van der Waals surface area contributed by atoms with Gasteiger partial charge in [-0.1, -0.05) is 11.6 Å². The highest BCUT2D eigenvalue weighted by Gasteiger charge is 2.35. The number of nitrogens with zero attached hydrogens (tertiary/aromatic N) is 3. The van der Waals surface area contributed by atoms with E-state index in [1.54, 1.807) is 5.51 Å². The molecule has 0 spiro atoms. The van der Waals surface area contributed by atoms with Crippen LogP contribution in [-0.4, -0.2) is 15.0 Å². The summed E-state index contributed by atoms with van der Waals surface area (Å²) >= 11 is 6.96. The summed E-state index contributed by atoms with van der Waals surface area (Å²) in [4.78, 5) is 11.5. The van der Waals surface area contributed by atoms with Gasteiger partial charge in [0.05, 0.1) is 17.7 Å². The minimum atomic E-state index is -4.62. The number of alkyl halides is 3. The first-order chi connectivity index (χ1) is 8.86. The summed E-state index contributed by atoms with van der Waals surface area (Å²) in [5.41, 5.74) is 2.49. The Morgan fingerprint density at radius 1 is 1.37 bits per heavy atom.